The number of aryl methyl sites for hydroxylation is 1. The lowest BCUT2D eigenvalue weighted by Crippen LogP contribution is -2.51. The topological polar surface area (TPSA) is 82.9 Å². The van der Waals surface area contributed by atoms with E-state index in [9.17, 15) is 14.4 Å². The van der Waals surface area contributed by atoms with Crippen molar-refractivity contribution < 1.29 is 18.8 Å². The van der Waals surface area contributed by atoms with E-state index in [1.54, 1.807) is 29.2 Å². The monoisotopic (exact) mass is 381 g/mol. The van der Waals surface area contributed by atoms with Gasteiger partial charge in [0.25, 0.3) is 11.8 Å². The molecular weight excluding hydrogens is 358 g/mol. The number of hydrogen-bond donors (Lipinski definition) is 1. The Kier molecular flexibility index (Phi) is 4.90. The van der Waals surface area contributed by atoms with Crippen LogP contribution in [0.25, 0.3) is 0 Å². The first-order valence-electron chi connectivity index (χ1n) is 9.56. The van der Waals surface area contributed by atoms with Crippen molar-refractivity contribution in [3.63, 3.8) is 0 Å². The number of nitrogens with zero attached hydrogens (tertiary/aromatic N) is 2. The number of carbonyl (C=O) groups excluding carboxylic acids is 3. The normalized spacial score (nSPS) is 16.8. The van der Waals surface area contributed by atoms with Gasteiger partial charge in [0.2, 0.25) is 5.91 Å². The molecule has 2 heterocycles. The Morgan fingerprint density at radius 1 is 1.04 bits per heavy atom. The minimum absolute atomic E-state index is 0.0907. The van der Waals surface area contributed by atoms with Crippen LogP contribution in [-0.2, 0) is 4.79 Å². The first-order chi connectivity index (χ1) is 13.5. The van der Waals surface area contributed by atoms with Crippen molar-refractivity contribution >= 4 is 23.4 Å². The molecule has 1 saturated carbocycles. The molecular formula is C21H23N3O4. The zero-order valence-corrected chi connectivity index (χ0v) is 15.8. The van der Waals surface area contributed by atoms with E-state index in [4.69, 9.17) is 4.42 Å². The van der Waals surface area contributed by atoms with E-state index in [0.29, 0.717) is 37.4 Å². The molecule has 2 aromatic rings. The van der Waals surface area contributed by atoms with Crippen LogP contribution in [0.1, 0.15) is 39.3 Å². The van der Waals surface area contributed by atoms with E-state index in [1.165, 1.54) is 6.26 Å². The molecule has 1 saturated heterocycles. The van der Waals surface area contributed by atoms with Crippen molar-refractivity contribution in [3.8, 4) is 0 Å². The van der Waals surface area contributed by atoms with E-state index < -0.39 is 0 Å². The summed E-state index contributed by atoms with van der Waals surface area (Å²) in [6.45, 7) is 4.08. The summed E-state index contributed by atoms with van der Waals surface area (Å²) in [6, 6.07) is 8.51. The molecule has 0 atom stereocenters. The first kappa shape index (κ1) is 18.3. The molecule has 2 fully saturated rings. The molecule has 0 spiro atoms. The molecule has 0 radical (unpaired) electrons. The van der Waals surface area contributed by atoms with Gasteiger partial charge in [-0.05, 0) is 49.6 Å². The molecule has 28 heavy (non-hydrogen) atoms. The minimum atomic E-state index is -0.357. The van der Waals surface area contributed by atoms with Gasteiger partial charge in [-0.1, -0.05) is 6.07 Å². The fraction of sp³-hybridized carbons (Fsp3) is 0.381. The van der Waals surface area contributed by atoms with Crippen LogP contribution >= 0.6 is 0 Å². The van der Waals surface area contributed by atoms with Crippen LogP contribution in [0.3, 0.4) is 0 Å². The summed E-state index contributed by atoms with van der Waals surface area (Å²) in [5, 5.41) is 2.80. The molecule has 0 unspecified atom stereocenters. The van der Waals surface area contributed by atoms with Gasteiger partial charge in [0.1, 0.15) is 0 Å². The number of piperazine rings is 1. The van der Waals surface area contributed by atoms with E-state index in [1.807, 2.05) is 17.9 Å². The number of anilines is 1. The highest BCUT2D eigenvalue weighted by atomic mass is 16.3. The lowest BCUT2D eigenvalue weighted by Gasteiger charge is -2.35. The number of furan rings is 1. The number of hydrogen-bond acceptors (Lipinski definition) is 4. The molecule has 7 heteroatoms. The van der Waals surface area contributed by atoms with Gasteiger partial charge >= 0.3 is 0 Å². The summed E-state index contributed by atoms with van der Waals surface area (Å²) in [6.07, 6.45) is 3.43. The number of carbonyl (C=O) groups is 3. The summed E-state index contributed by atoms with van der Waals surface area (Å²) >= 11 is 0. The highest BCUT2D eigenvalue weighted by molar-refractivity contribution is 6.04. The van der Waals surface area contributed by atoms with Gasteiger partial charge in [0.15, 0.2) is 5.76 Å². The fourth-order valence-corrected chi connectivity index (χ4v) is 3.38. The maximum atomic E-state index is 12.9. The van der Waals surface area contributed by atoms with Gasteiger partial charge in [-0.15, -0.1) is 0 Å². The largest absolute Gasteiger partial charge is 0.459 e. The number of rotatable bonds is 4. The second-order valence-corrected chi connectivity index (χ2v) is 7.35. The van der Waals surface area contributed by atoms with E-state index in [2.05, 4.69) is 5.32 Å². The summed E-state index contributed by atoms with van der Waals surface area (Å²) in [5.41, 5.74) is 1.95. The van der Waals surface area contributed by atoms with E-state index >= 15 is 0 Å². The molecule has 7 nitrogen and oxygen atoms in total. The van der Waals surface area contributed by atoms with Crippen molar-refractivity contribution in [2.24, 2.45) is 5.92 Å². The molecule has 2 aliphatic rings. The maximum absolute atomic E-state index is 12.9. The third-order valence-corrected chi connectivity index (χ3v) is 5.28. The molecule has 4 rings (SSSR count). The number of nitrogens with one attached hydrogen (secondary N) is 1. The Balaban J connectivity index is 1.42. The lowest BCUT2D eigenvalue weighted by atomic mass is 10.1. The summed E-state index contributed by atoms with van der Waals surface area (Å²) in [7, 11) is 0. The van der Waals surface area contributed by atoms with Crippen LogP contribution in [0.15, 0.2) is 41.0 Å². The van der Waals surface area contributed by atoms with Crippen molar-refractivity contribution in [1.82, 2.24) is 9.80 Å². The summed E-state index contributed by atoms with van der Waals surface area (Å²) in [4.78, 5) is 40.9. The molecule has 1 N–H and O–H groups in total. The van der Waals surface area contributed by atoms with Gasteiger partial charge in [-0.3, -0.25) is 14.4 Å². The van der Waals surface area contributed by atoms with Crippen molar-refractivity contribution in [2.75, 3.05) is 31.5 Å². The average molecular weight is 381 g/mol. The van der Waals surface area contributed by atoms with Gasteiger partial charge in [-0.2, -0.15) is 0 Å². The number of amides is 3. The molecule has 1 aliphatic carbocycles. The van der Waals surface area contributed by atoms with Crippen LogP contribution in [-0.4, -0.2) is 53.7 Å². The number of benzene rings is 1. The van der Waals surface area contributed by atoms with Crippen LogP contribution in [0.2, 0.25) is 0 Å². The zero-order chi connectivity index (χ0) is 19.7. The highest BCUT2D eigenvalue weighted by Gasteiger charge is 2.35. The third-order valence-electron chi connectivity index (χ3n) is 5.28. The van der Waals surface area contributed by atoms with Crippen LogP contribution < -0.4 is 5.32 Å². The predicted octanol–water partition coefficient (Wildman–Crippen LogP) is 2.53. The Labute approximate surface area is 163 Å². The van der Waals surface area contributed by atoms with E-state index in [-0.39, 0.29) is 29.4 Å². The van der Waals surface area contributed by atoms with Crippen molar-refractivity contribution in [2.45, 2.75) is 19.8 Å². The predicted molar refractivity (Wildman–Crippen MR) is 103 cm³/mol. The van der Waals surface area contributed by atoms with Gasteiger partial charge in [0, 0.05) is 43.3 Å². The molecule has 3 amide bonds. The lowest BCUT2D eigenvalue weighted by molar-refractivity contribution is -0.134. The standard InChI is InChI=1S/C21H23N3O4/c1-14-4-5-16(13-17(14)22-19(25)18-3-2-12-28-18)21(27)24-10-8-23(9-11-24)20(26)15-6-7-15/h2-5,12-13,15H,6-11H2,1H3,(H,22,25). The highest BCUT2D eigenvalue weighted by Crippen LogP contribution is 2.31. The Morgan fingerprint density at radius 3 is 2.39 bits per heavy atom. The van der Waals surface area contributed by atoms with Crippen LogP contribution in [0.4, 0.5) is 5.69 Å². The molecule has 146 valence electrons. The maximum Gasteiger partial charge on any atom is 0.291 e. The fourth-order valence-electron chi connectivity index (χ4n) is 3.38. The SMILES string of the molecule is Cc1ccc(C(=O)N2CCN(C(=O)C3CC3)CC2)cc1NC(=O)c1ccco1. The second-order valence-electron chi connectivity index (χ2n) is 7.35. The van der Waals surface area contributed by atoms with Crippen LogP contribution in [0.5, 0.6) is 0 Å². The van der Waals surface area contributed by atoms with Crippen molar-refractivity contribution in [1.29, 1.82) is 0 Å². The Morgan fingerprint density at radius 2 is 1.75 bits per heavy atom. The van der Waals surface area contributed by atoms with Gasteiger partial charge in [-0.25, -0.2) is 0 Å². The van der Waals surface area contributed by atoms with Gasteiger partial charge < -0.3 is 19.5 Å². The van der Waals surface area contributed by atoms with Crippen LogP contribution in [0, 0.1) is 12.8 Å². The third kappa shape index (κ3) is 3.78. The smallest absolute Gasteiger partial charge is 0.291 e. The molecule has 1 aliphatic heterocycles. The Hall–Kier alpha value is -3.09. The molecule has 0 bridgehead atoms. The summed E-state index contributed by atoms with van der Waals surface area (Å²) in [5.74, 6) is 0.203. The van der Waals surface area contributed by atoms with Crippen molar-refractivity contribution in [3.05, 3.63) is 53.5 Å². The molecule has 1 aromatic heterocycles. The zero-order valence-electron chi connectivity index (χ0n) is 15.8. The quantitative estimate of drug-likeness (QED) is 0.882. The summed E-state index contributed by atoms with van der Waals surface area (Å²) < 4.78 is 5.11. The average Bonchev–Trinajstić information content (AvgIpc) is 3.42. The van der Waals surface area contributed by atoms with Gasteiger partial charge in [0.05, 0.1) is 6.26 Å². The molecule has 1 aromatic carbocycles. The second kappa shape index (κ2) is 7.50. The first-order valence-corrected chi connectivity index (χ1v) is 9.56. The minimum Gasteiger partial charge on any atom is -0.459 e. The van der Waals surface area contributed by atoms with E-state index in [0.717, 1.165) is 18.4 Å². The Bertz CT molecular complexity index is 894.